The van der Waals surface area contributed by atoms with E-state index in [1.807, 2.05) is 52.1 Å². The molecule has 4 atom stereocenters. The Morgan fingerprint density at radius 1 is 1.14 bits per heavy atom. The Balaban J connectivity index is 2.49. The molecule has 1 saturated carbocycles. The number of aryl methyl sites for hydroxylation is 2. The summed E-state index contributed by atoms with van der Waals surface area (Å²) in [4.78, 5) is 42.0. The number of benzene rings is 1. The number of nitrogens with zero attached hydrogens (tertiary/aromatic N) is 1. The van der Waals surface area contributed by atoms with Crippen LogP contribution in [0.1, 0.15) is 77.1 Å². The summed E-state index contributed by atoms with van der Waals surface area (Å²) in [6, 6.07) is 4.21. The second-order valence-electron chi connectivity index (χ2n) is 10.9. The van der Waals surface area contributed by atoms with Crippen LogP contribution in [0.15, 0.2) is 18.2 Å². The van der Waals surface area contributed by atoms with Gasteiger partial charge in [-0.25, -0.2) is 4.79 Å². The van der Waals surface area contributed by atoms with Gasteiger partial charge in [0.25, 0.3) is 0 Å². The minimum Gasteiger partial charge on any atom is -0.444 e. The van der Waals surface area contributed by atoms with E-state index in [1.165, 1.54) is 0 Å². The maximum absolute atomic E-state index is 14.1. The first kappa shape index (κ1) is 29.0. The van der Waals surface area contributed by atoms with Crippen molar-refractivity contribution < 1.29 is 19.1 Å². The number of carbonyl (C=O) groups is 3. The van der Waals surface area contributed by atoms with Crippen LogP contribution in [-0.4, -0.2) is 58.5 Å². The van der Waals surface area contributed by atoms with Gasteiger partial charge in [-0.1, -0.05) is 25.1 Å². The standard InChI is InChI=1S/C27H43N3O4S/c1-16(2)28-24(31)23(20-11-10-17(3)18(4)14-20)30(22-15-19(22)5)25(32)21(12-13-35-9)29-26(33)34-27(6,7)8/h10-11,14,16,19,21-23H,12-13,15H2,1-9H3,(H,28,31)(H,29,33). The number of hydrogen-bond acceptors (Lipinski definition) is 5. The fourth-order valence-corrected chi connectivity index (χ4v) is 4.50. The third-order valence-corrected chi connectivity index (χ3v) is 6.73. The summed E-state index contributed by atoms with van der Waals surface area (Å²) in [5, 5.41) is 5.81. The molecule has 0 saturated heterocycles. The minimum absolute atomic E-state index is 0.0655. The average molecular weight is 506 g/mol. The SMILES string of the molecule is CSCCC(NC(=O)OC(C)(C)C)C(=O)N(C(C(=O)NC(C)C)c1ccc(C)c(C)c1)C1CC1C. The van der Waals surface area contributed by atoms with Gasteiger partial charge in [0.05, 0.1) is 0 Å². The molecule has 8 heteroatoms. The molecule has 1 aliphatic rings. The molecule has 0 aromatic heterocycles. The van der Waals surface area contributed by atoms with Crippen molar-refractivity contribution in [1.82, 2.24) is 15.5 Å². The van der Waals surface area contributed by atoms with E-state index in [1.54, 1.807) is 37.4 Å². The summed E-state index contributed by atoms with van der Waals surface area (Å²) < 4.78 is 5.44. The monoisotopic (exact) mass is 505 g/mol. The van der Waals surface area contributed by atoms with Crippen LogP contribution in [0.5, 0.6) is 0 Å². The van der Waals surface area contributed by atoms with E-state index in [4.69, 9.17) is 4.74 Å². The predicted molar refractivity (Wildman–Crippen MR) is 143 cm³/mol. The van der Waals surface area contributed by atoms with Gasteiger partial charge in [0, 0.05) is 12.1 Å². The molecule has 2 N–H and O–H groups in total. The van der Waals surface area contributed by atoms with Gasteiger partial charge in [0.2, 0.25) is 11.8 Å². The zero-order chi connectivity index (χ0) is 26.5. The number of alkyl carbamates (subject to hydrolysis) is 1. The normalized spacial score (nSPS) is 19.0. The Labute approximate surface area is 215 Å². The van der Waals surface area contributed by atoms with Crippen molar-refractivity contribution in [3.63, 3.8) is 0 Å². The summed E-state index contributed by atoms with van der Waals surface area (Å²) >= 11 is 1.60. The summed E-state index contributed by atoms with van der Waals surface area (Å²) in [5.41, 5.74) is 2.28. The second kappa shape index (κ2) is 12.2. The molecule has 3 amide bonds. The Kier molecular flexibility index (Phi) is 10.1. The highest BCUT2D eigenvalue weighted by Crippen LogP contribution is 2.41. The molecule has 196 valence electrons. The third kappa shape index (κ3) is 8.44. The molecule has 0 radical (unpaired) electrons. The van der Waals surface area contributed by atoms with Crippen LogP contribution < -0.4 is 10.6 Å². The smallest absolute Gasteiger partial charge is 0.408 e. The molecule has 7 nitrogen and oxygen atoms in total. The van der Waals surface area contributed by atoms with Crippen LogP contribution >= 0.6 is 11.8 Å². The van der Waals surface area contributed by atoms with E-state index in [0.717, 1.165) is 23.1 Å². The highest BCUT2D eigenvalue weighted by atomic mass is 32.2. The Morgan fingerprint density at radius 3 is 2.26 bits per heavy atom. The number of ether oxygens (including phenoxy) is 1. The van der Waals surface area contributed by atoms with Crippen LogP contribution in [0.25, 0.3) is 0 Å². The molecule has 4 unspecified atom stereocenters. The molecule has 35 heavy (non-hydrogen) atoms. The first-order valence-electron chi connectivity index (χ1n) is 12.4. The van der Waals surface area contributed by atoms with Gasteiger partial charge in [-0.3, -0.25) is 9.59 Å². The highest BCUT2D eigenvalue weighted by Gasteiger charge is 2.48. The lowest BCUT2D eigenvalue weighted by molar-refractivity contribution is -0.143. The van der Waals surface area contributed by atoms with E-state index in [9.17, 15) is 14.4 Å². The Hall–Kier alpha value is -2.22. The van der Waals surface area contributed by atoms with Crippen molar-refractivity contribution in [2.75, 3.05) is 12.0 Å². The number of carbonyl (C=O) groups excluding carboxylic acids is 3. The van der Waals surface area contributed by atoms with Gasteiger partial charge in [0.15, 0.2) is 0 Å². The Bertz CT molecular complexity index is 912. The van der Waals surface area contributed by atoms with Crippen LogP contribution in [0.2, 0.25) is 0 Å². The van der Waals surface area contributed by atoms with Crippen LogP contribution in [0.4, 0.5) is 4.79 Å². The molecular formula is C27H43N3O4S. The van der Waals surface area contributed by atoms with Crippen molar-refractivity contribution in [1.29, 1.82) is 0 Å². The van der Waals surface area contributed by atoms with Gasteiger partial charge in [-0.05, 0) is 95.9 Å². The molecule has 1 fully saturated rings. The lowest BCUT2D eigenvalue weighted by Crippen LogP contribution is -2.54. The predicted octanol–water partition coefficient (Wildman–Crippen LogP) is 4.75. The number of hydrogen-bond donors (Lipinski definition) is 2. The number of nitrogens with one attached hydrogen (secondary N) is 2. The van der Waals surface area contributed by atoms with Crippen molar-refractivity contribution in [3.8, 4) is 0 Å². The molecule has 0 bridgehead atoms. The summed E-state index contributed by atoms with van der Waals surface area (Å²) in [6.07, 6.45) is 2.60. The van der Waals surface area contributed by atoms with Crippen molar-refractivity contribution in [3.05, 3.63) is 34.9 Å². The lowest BCUT2D eigenvalue weighted by Gasteiger charge is -2.35. The highest BCUT2D eigenvalue weighted by molar-refractivity contribution is 7.98. The van der Waals surface area contributed by atoms with Crippen LogP contribution in [-0.2, 0) is 14.3 Å². The number of rotatable bonds is 10. The first-order valence-corrected chi connectivity index (χ1v) is 13.8. The largest absolute Gasteiger partial charge is 0.444 e. The molecule has 0 aliphatic heterocycles. The fraction of sp³-hybridized carbons (Fsp3) is 0.667. The molecule has 1 aliphatic carbocycles. The lowest BCUT2D eigenvalue weighted by atomic mass is 9.97. The topological polar surface area (TPSA) is 87.7 Å². The maximum Gasteiger partial charge on any atom is 0.408 e. The van der Waals surface area contributed by atoms with Crippen molar-refractivity contribution >= 4 is 29.7 Å². The second-order valence-corrected chi connectivity index (χ2v) is 11.9. The summed E-state index contributed by atoms with van der Waals surface area (Å²) in [5.74, 6) is 0.507. The molecule has 0 spiro atoms. The number of amides is 3. The third-order valence-electron chi connectivity index (χ3n) is 6.08. The quantitative estimate of drug-likeness (QED) is 0.479. The van der Waals surface area contributed by atoms with E-state index in [-0.39, 0.29) is 29.8 Å². The average Bonchev–Trinajstić information content (AvgIpc) is 3.44. The van der Waals surface area contributed by atoms with E-state index in [2.05, 4.69) is 17.6 Å². The maximum atomic E-state index is 14.1. The first-order chi connectivity index (χ1) is 16.2. The Morgan fingerprint density at radius 2 is 1.77 bits per heavy atom. The molecule has 0 heterocycles. The molecule has 2 rings (SSSR count). The van der Waals surface area contributed by atoms with Gasteiger partial charge >= 0.3 is 6.09 Å². The van der Waals surface area contributed by atoms with Crippen molar-refractivity contribution in [2.45, 2.75) is 98.0 Å². The fourth-order valence-electron chi connectivity index (χ4n) is 4.03. The number of thioether (sulfide) groups is 1. The molecule has 1 aromatic carbocycles. The van der Waals surface area contributed by atoms with E-state index in [0.29, 0.717) is 12.2 Å². The summed E-state index contributed by atoms with van der Waals surface area (Å²) in [7, 11) is 0. The van der Waals surface area contributed by atoms with Gasteiger partial charge in [-0.15, -0.1) is 0 Å². The van der Waals surface area contributed by atoms with Crippen LogP contribution in [0, 0.1) is 19.8 Å². The summed E-state index contributed by atoms with van der Waals surface area (Å²) in [6.45, 7) is 15.3. The molecule has 1 aromatic rings. The molecular weight excluding hydrogens is 462 g/mol. The van der Waals surface area contributed by atoms with Gasteiger partial charge in [-0.2, -0.15) is 11.8 Å². The van der Waals surface area contributed by atoms with Crippen molar-refractivity contribution in [2.24, 2.45) is 5.92 Å². The van der Waals surface area contributed by atoms with Crippen LogP contribution in [0.3, 0.4) is 0 Å². The zero-order valence-corrected chi connectivity index (χ0v) is 23.5. The zero-order valence-electron chi connectivity index (χ0n) is 22.7. The van der Waals surface area contributed by atoms with E-state index >= 15 is 0 Å². The van der Waals surface area contributed by atoms with Gasteiger partial charge in [0.1, 0.15) is 17.7 Å². The van der Waals surface area contributed by atoms with E-state index < -0.39 is 23.8 Å². The van der Waals surface area contributed by atoms with Gasteiger partial charge < -0.3 is 20.3 Å². The minimum atomic E-state index is -0.786.